The van der Waals surface area contributed by atoms with Gasteiger partial charge in [-0.25, -0.2) is 0 Å². The van der Waals surface area contributed by atoms with Crippen molar-refractivity contribution in [2.75, 3.05) is 19.0 Å². The summed E-state index contributed by atoms with van der Waals surface area (Å²) in [5, 5.41) is 0.581. The summed E-state index contributed by atoms with van der Waals surface area (Å²) < 4.78 is 0. The highest BCUT2D eigenvalue weighted by atomic mass is 29.9. The molecule has 0 saturated heterocycles. The van der Waals surface area contributed by atoms with Crippen LogP contribution >= 0.6 is 0 Å². The number of rotatable bonds is 6. The minimum Gasteiger partial charge on any atom is -0.377 e. The molecule has 0 unspecified atom stereocenters. The van der Waals surface area contributed by atoms with E-state index in [1.807, 2.05) is 0 Å². The van der Waals surface area contributed by atoms with Gasteiger partial charge in [0, 0.05) is 48.1 Å². The van der Waals surface area contributed by atoms with Crippen molar-refractivity contribution in [3.63, 3.8) is 0 Å². The molecule has 142 valence electrons. The van der Waals surface area contributed by atoms with Gasteiger partial charge in [-0.2, -0.15) is 0 Å². The van der Waals surface area contributed by atoms with Gasteiger partial charge in [0.1, 0.15) is 12.0 Å². The van der Waals surface area contributed by atoms with Crippen LogP contribution in [0.1, 0.15) is 15.9 Å². The first-order chi connectivity index (χ1) is 11.0. The lowest BCUT2D eigenvalue weighted by molar-refractivity contribution is 0.107. The molecule has 0 heterocycles. The molecule has 25 heavy (non-hydrogen) atoms. The molecule has 0 aliphatic heterocycles. The fourth-order valence-corrected chi connectivity index (χ4v) is 104. The van der Waals surface area contributed by atoms with E-state index < -0.39 is 29.4 Å². The van der Waals surface area contributed by atoms with Crippen molar-refractivity contribution in [2.24, 2.45) is 0 Å². The van der Waals surface area contributed by atoms with Crippen LogP contribution in [-0.2, 0) is 0 Å². The van der Waals surface area contributed by atoms with Gasteiger partial charge in [-0.1, -0.05) is 70.6 Å². The number of hydrogen-bond donors (Lipinski definition) is 0. The molecule has 0 amide bonds. The minimum absolute atomic E-state index is 0.581. The summed E-state index contributed by atoms with van der Waals surface area (Å²) in [6.45, 7) is 22.4. The van der Waals surface area contributed by atoms with Crippen molar-refractivity contribution in [3.8, 4) is 0 Å². The Balaban J connectivity index is 3.93. The average molecular weight is 410 g/mol. The van der Waals surface area contributed by atoms with Gasteiger partial charge in [-0.3, -0.25) is 0 Å². The molecule has 0 radical (unpaired) electrons. The van der Waals surface area contributed by atoms with Crippen molar-refractivity contribution < 1.29 is 4.79 Å². The number of nitrogens with zero attached hydrogens (tertiary/aromatic N) is 1. The van der Waals surface area contributed by atoms with Crippen LogP contribution in [0.3, 0.4) is 0 Å². The molecule has 0 atom stereocenters. The molecular weight excluding hydrogens is 371 g/mol. The Morgan fingerprint density at radius 3 is 1.52 bits per heavy atom. The monoisotopic (exact) mass is 409 g/mol. The number of anilines is 1. The molecule has 1 aromatic rings. The standard InChI is InChI=1S/C19H39NOSi4/c1-16-13-14-18(20(2)3)17(15-16)19(21)25(22(4,5)6,23(7,8)9)24(10,11)12/h13-15H,1-12H3. The van der Waals surface area contributed by atoms with Gasteiger partial charge in [-0.15, -0.1) is 0 Å². The molecule has 0 fully saturated rings. The number of carbonyl (C=O) groups is 1. The maximum absolute atomic E-state index is 14.4. The SMILES string of the molecule is Cc1ccc(N(C)C)c(C(=O)[Si]([Si](C)(C)C)([Si](C)(C)C)[Si](C)(C)C)c1. The van der Waals surface area contributed by atoms with Gasteiger partial charge < -0.3 is 9.69 Å². The third-order valence-electron chi connectivity index (χ3n) is 5.59. The van der Waals surface area contributed by atoms with E-state index in [9.17, 15) is 4.79 Å². The normalized spacial score (nSPS) is 13.8. The third-order valence-corrected chi connectivity index (χ3v) is 76.1. The lowest BCUT2D eigenvalue weighted by Crippen LogP contribution is -2.86. The summed E-state index contributed by atoms with van der Waals surface area (Å²) in [6.07, 6.45) is 0. The highest BCUT2D eigenvalue weighted by Crippen LogP contribution is 2.40. The molecule has 0 aliphatic carbocycles. The van der Waals surface area contributed by atoms with Gasteiger partial charge in [0.15, 0.2) is 0 Å². The Kier molecular flexibility index (Phi) is 6.27. The lowest BCUT2D eigenvalue weighted by atomic mass is 10.1. The minimum atomic E-state index is -2.09. The molecule has 0 aromatic heterocycles. The van der Waals surface area contributed by atoms with Crippen molar-refractivity contribution in [3.05, 3.63) is 29.3 Å². The number of carbonyl (C=O) groups excluding carboxylic acids is 1. The zero-order chi connectivity index (χ0) is 20.0. The van der Waals surface area contributed by atoms with Crippen LogP contribution in [0, 0.1) is 6.92 Å². The van der Waals surface area contributed by atoms with Crippen LogP contribution < -0.4 is 4.90 Å². The van der Waals surface area contributed by atoms with Gasteiger partial charge >= 0.3 is 0 Å². The zero-order valence-corrected chi connectivity index (χ0v) is 22.6. The summed E-state index contributed by atoms with van der Waals surface area (Å²) in [5.41, 5.74) is 3.30. The van der Waals surface area contributed by atoms with Gasteiger partial charge in [0.25, 0.3) is 0 Å². The predicted octanol–water partition coefficient (Wildman–Crippen LogP) is 5.48. The number of hydrogen-bond acceptors (Lipinski definition) is 2. The number of benzene rings is 1. The molecule has 1 aromatic carbocycles. The molecular formula is C19H39NOSi4. The first-order valence-corrected chi connectivity index (χ1v) is 24.8. The molecule has 6 heteroatoms. The van der Waals surface area contributed by atoms with E-state index in [0.717, 1.165) is 11.3 Å². The maximum Gasteiger partial charge on any atom is 0.134 e. The molecule has 0 saturated carbocycles. The second-order valence-electron chi connectivity index (χ2n) is 10.7. The molecule has 0 bridgehead atoms. The van der Waals surface area contributed by atoms with Gasteiger partial charge in [0.05, 0.1) is 0 Å². The Labute approximate surface area is 159 Å². The highest BCUT2D eigenvalue weighted by Gasteiger charge is 2.66. The highest BCUT2D eigenvalue weighted by molar-refractivity contribution is 7.97. The molecule has 0 N–H and O–H groups in total. The summed E-state index contributed by atoms with van der Waals surface area (Å²) in [6, 6.07) is 6.44. The quantitative estimate of drug-likeness (QED) is 0.580. The topological polar surface area (TPSA) is 20.3 Å². The second-order valence-corrected chi connectivity index (χ2v) is 50.9. The van der Waals surface area contributed by atoms with E-state index in [1.54, 1.807) is 0 Å². The smallest absolute Gasteiger partial charge is 0.134 e. The van der Waals surface area contributed by atoms with Gasteiger partial charge in [-0.05, 0) is 19.1 Å². The average Bonchev–Trinajstić information content (AvgIpc) is 2.32. The Bertz CT molecular complexity index is 613. The fourth-order valence-electron chi connectivity index (χ4n) is 5.82. The zero-order valence-electron chi connectivity index (χ0n) is 18.6. The molecule has 0 spiro atoms. The number of aryl methyl sites for hydroxylation is 1. The van der Waals surface area contributed by atoms with E-state index in [0.29, 0.717) is 5.41 Å². The molecule has 1 rings (SSSR count). The predicted molar refractivity (Wildman–Crippen MR) is 126 cm³/mol. The van der Waals surface area contributed by atoms with E-state index >= 15 is 0 Å². The van der Waals surface area contributed by atoms with Crippen molar-refractivity contribution in [1.82, 2.24) is 0 Å². The van der Waals surface area contributed by atoms with Crippen molar-refractivity contribution >= 4 is 40.5 Å². The third kappa shape index (κ3) is 3.82. The van der Waals surface area contributed by atoms with Gasteiger partial charge in [0.2, 0.25) is 0 Å². The summed E-state index contributed by atoms with van der Waals surface area (Å²) >= 11 is 0. The first-order valence-electron chi connectivity index (χ1n) is 9.31. The van der Waals surface area contributed by atoms with Crippen LogP contribution in [0.2, 0.25) is 58.9 Å². The molecule has 0 aliphatic rings. The first kappa shape index (κ1) is 22.6. The van der Waals surface area contributed by atoms with Crippen LogP contribution in [0.15, 0.2) is 18.2 Å². The summed E-state index contributed by atoms with van der Waals surface area (Å²) in [4.78, 5) is 16.5. The maximum atomic E-state index is 14.4. The van der Waals surface area contributed by atoms with Crippen molar-refractivity contribution in [2.45, 2.75) is 65.8 Å². The van der Waals surface area contributed by atoms with Crippen LogP contribution in [0.5, 0.6) is 0 Å². The lowest BCUT2D eigenvalue weighted by Gasteiger charge is -2.55. The van der Waals surface area contributed by atoms with E-state index in [2.05, 4.69) is 103 Å². The second kappa shape index (κ2) is 6.94. The van der Waals surface area contributed by atoms with E-state index in [1.165, 1.54) is 5.56 Å². The van der Waals surface area contributed by atoms with Crippen LogP contribution in [0.4, 0.5) is 5.69 Å². The van der Waals surface area contributed by atoms with Crippen molar-refractivity contribution in [1.29, 1.82) is 0 Å². The fraction of sp³-hybridized carbons (Fsp3) is 0.632. The Hall–Kier alpha value is -0.442. The van der Waals surface area contributed by atoms with E-state index in [-0.39, 0.29) is 0 Å². The Morgan fingerprint density at radius 1 is 0.800 bits per heavy atom. The Morgan fingerprint density at radius 2 is 1.20 bits per heavy atom. The molecule has 2 nitrogen and oxygen atoms in total. The largest absolute Gasteiger partial charge is 0.377 e. The van der Waals surface area contributed by atoms with E-state index in [4.69, 9.17) is 0 Å². The summed E-state index contributed by atoms with van der Waals surface area (Å²) in [5.74, 6) is 0. The van der Waals surface area contributed by atoms with Crippen LogP contribution in [0.25, 0.3) is 0 Å². The van der Waals surface area contributed by atoms with Crippen LogP contribution in [-0.4, -0.2) is 48.9 Å². The summed E-state index contributed by atoms with van der Waals surface area (Å²) in [7, 11) is -0.788.